The molecule has 1 fully saturated rings. The molecule has 0 aromatic heterocycles. The van der Waals surface area contributed by atoms with E-state index in [1.807, 2.05) is 12.1 Å². The van der Waals surface area contributed by atoms with Crippen LogP contribution in [0.4, 0.5) is 4.39 Å². The smallest absolute Gasteiger partial charge is 0.128 e. The number of hydrogen-bond acceptors (Lipinski definition) is 1. The Morgan fingerprint density at radius 1 is 1.28 bits per heavy atom. The molecule has 1 nitrogen and oxygen atoms in total. The van der Waals surface area contributed by atoms with Gasteiger partial charge in [0.15, 0.2) is 0 Å². The summed E-state index contributed by atoms with van der Waals surface area (Å²) >= 11 is 3.27. The van der Waals surface area contributed by atoms with Gasteiger partial charge in [0, 0.05) is 16.6 Å². The fourth-order valence-corrected chi connectivity index (χ4v) is 2.94. The Labute approximate surface area is 117 Å². The fraction of sp³-hybridized carbons (Fsp3) is 0.600. The molecule has 2 rings (SSSR count). The van der Waals surface area contributed by atoms with Gasteiger partial charge in [-0.3, -0.25) is 0 Å². The van der Waals surface area contributed by atoms with E-state index in [2.05, 4.69) is 28.2 Å². The number of rotatable bonds is 4. The summed E-state index contributed by atoms with van der Waals surface area (Å²) in [4.78, 5) is 0. The number of hydrogen-bond donors (Lipinski definition) is 1. The maximum absolute atomic E-state index is 13.6. The highest BCUT2D eigenvalue weighted by Gasteiger charge is 2.17. The summed E-state index contributed by atoms with van der Waals surface area (Å²) in [5.74, 6) is 1.54. The topological polar surface area (TPSA) is 12.0 Å². The number of halogens is 2. The van der Waals surface area contributed by atoms with Crippen molar-refractivity contribution < 1.29 is 4.39 Å². The summed E-state index contributed by atoms with van der Waals surface area (Å²) in [5, 5.41) is 3.39. The third kappa shape index (κ3) is 4.06. The van der Waals surface area contributed by atoms with E-state index < -0.39 is 0 Å². The lowest BCUT2D eigenvalue weighted by Crippen LogP contribution is -2.26. The Hall–Kier alpha value is -0.410. The van der Waals surface area contributed by atoms with Crippen molar-refractivity contribution >= 4 is 15.9 Å². The average molecular weight is 314 g/mol. The Morgan fingerprint density at radius 3 is 2.67 bits per heavy atom. The molecule has 0 bridgehead atoms. The van der Waals surface area contributed by atoms with Gasteiger partial charge in [-0.1, -0.05) is 41.8 Å². The van der Waals surface area contributed by atoms with Crippen LogP contribution in [0.5, 0.6) is 0 Å². The summed E-state index contributed by atoms with van der Waals surface area (Å²) in [6.45, 7) is 3.98. The average Bonchev–Trinajstić information content (AvgIpc) is 2.34. The zero-order valence-electron chi connectivity index (χ0n) is 10.9. The quantitative estimate of drug-likeness (QED) is 0.862. The molecular formula is C15H21BrFN. The van der Waals surface area contributed by atoms with Gasteiger partial charge in [-0.2, -0.15) is 0 Å². The minimum atomic E-state index is -0.130. The molecule has 1 aromatic carbocycles. The first kappa shape index (κ1) is 14.0. The lowest BCUT2D eigenvalue weighted by Gasteiger charge is -2.26. The van der Waals surface area contributed by atoms with Crippen LogP contribution in [-0.2, 0) is 6.54 Å². The molecule has 1 aromatic rings. The van der Waals surface area contributed by atoms with E-state index >= 15 is 0 Å². The molecule has 18 heavy (non-hydrogen) atoms. The van der Waals surface area contributed by atoms with Crippen LogP contribution in [0.3, 0.4) is 0 Å². The van der Waals surface area contributed by atoms with Crippen molar-refractivity contribution in [3.05, 3.63) is 34.1 Å². The van der Waals surface area contributed by atoms with E-state index in [1.54, 1.807) is 0 Å². The van der Waals surface area contributed by atoms with Crippen molar-refractivity contribution in [2.24, 2.45) is 11.8 Å². The Balaban J connectivity index is 1.75. The molecule has 100 valence electrons. The van der Waals surface area contributed by atoms with E-state index in [1.165, 1.54) is 31.7 Å². The summed E-state index contributed by atoms with van der Waals surface area (Å²) < 4.78 is 14.4. The van der Waals surface area contributed by atoms with Gasteiger partial charge in [-0.15, -0.1) is 0 Å². The van der Waals surface area contributed by atoms with Crippen LogP contribution in [0.15, 0.2) is 22.7 Å². The lowest BCUT2D eigenvalue weighted by atomic mass is 9.83. The zero-order chi connectivity index (χ0) is 13.0. The van der Waals surface area contributed by atoms with Crippen LogP contribution in [0.2, 0.25) is 0 Å². The first-order valence-electron chi connectivity index (χ1n) is 6.80. The Morgan fingerprint density at radius 2 is 2.00 bits per heavy atom. The second kappa shape index (κ2) is 6.67. The highest BCUT2D eigenvalue weighted by atomic mass is 79.9. The van der Waals surface area contributed by atoms with E-state index in [0.29, 0.717) is 6.54 Å². The van der Waals surface area contributed by atoms with Crippen molar-refractivity contribution in [3.63, 3.8) is 0 Å². The van der Waals surface area contributed by atoms with E-state index in [4.69, 9.17) is 0 Å². The third-order valence-corrected chi connectivity index (χ3v) is 4.39. The number of nitrogens with one attached hydrogen (secondary N) is 1. The van der Waals surface area contributed by atoms with Gasteiger partial charge in [-0.25, -0.2) is 4.39 Å². The molecule has 1 aliphatic carbocycles. The molecule has 0 unspecified atom stereocenters. The molecule has 0 amide bonds. The molecule has 0 saturated heterocycles. The van der Waals surface area contributed by atoms with E-state index in [-0.39, 0.29) is 5.82 Å². The minimum Gasteiger partial charge on any atom is -0.312 e. The predicted octanol–water partition coefficient (Wildman–Crippen LogP) is 4.50. The van der Waals surface area contributed by atoms with E-state index in [0.717, 1.165) is 28.4 Å². The standard InChI is InChI=1S/C15H21BrFN/c1-11-2-4-12(5-3-11)9-18-10-13-6-7-14(16)8-15(13)17/h6-8,11-12,18H,2-5,9-10H2,1H3. The highest BCUT2D eigenvalue weighted by Crippen LogP contribution is 2.27. The van der Waals surface area contributed by atoms with Gasteiger partial charge in [0.2, 0.25) is 0 Å². The van der Waals surface area contributed by atoms with Crippen molar-refractivity contribution in [3.8, 4) is 0 Å². The molecule has 0 spiro atoms. The lowest BCUT2D eigenvalue weighted by molar-refractivity contribution is 0.281. The molecule has 0 heterocycles. The molecule has 3 heteroatoms. The molecular weight excluding hydrogens is 293 g/mol. The van der Waals surface area contributed by atoms with Crippen LogP contribution in [0.25, 0.3) is 0 Å². The monoisotopic (exact) mass is 313 g/mol. The summed E-state index contributed by atoms with van der Waals surface area (Å²) in [6.07, 6.45) is 5.33. The third-order valence-electron chi connectivity index (χ3n) is 3.90. The second-order valence-corrected chi connectivity index (χ2v) is 6.41. The van der Waals surface area contributed by atoms with Gasteiger partial charge in [-0.05, 0) is 43.4 Å². The predicted molar refractivity (Wildman–Crippen MR) is 76.9 cm³/mol. The van der Waals surface area contributed by atoms with Crippen LogP contribution in [0.1, 0.15) is 38.2 Å². The summed E-state index contributed by atoms with van der Waals surface area (Å²) in [5.41, 5.74) is 0.752. The second-order valence-electron chi connectivity index (χ2n) is 5.49. The first-order chi connectivity index (χ1) is 8.65. The van der Waals surface area contributed by atoms with Crippen molar-refractivity contribution in [2.45, 2.75) is 39.2 Å². The number of benzene rings is 1. The maximum Gasteiger partial charge on any atom is 0.128 e. The Kier molecular flexibility index (Phi) is 5.19. The van der Waals surface area contributed by atoms with Crippen LogP contribution in [-0.4, -0.2) is 6.54 Å². The molecule has 1 saturated carbocycles. The first-order valence-corrected chi connectivity index (χ1v) is 7.59. The summed E-state index contributed by atoms with van der Waals surface area (Å²) in [6, 6.07) is 5.26. The molecule has 0 atom stereocenters. The SMILES string of the molecule is CC1CCC(CNCc2ccc(Br)cc2F)CC1. The largest absolute Gasteiger partial charge is 0.312 e. The highest BCUT2D eigenvalue weighted by molar-refractivity contribution is 9.10. The van der Waals surface area contributed by atoms with Crippen LogP contribution >= 0.6 is 15.9 Å². The zero-order valence-corrected chi connectivity index (χ0v) is 12.5. The minimum absolute atomic E-state index is 0.130. The van der Waals surface area contributed by atoms with Gasteiger partial charge in [0.25, 0.3) is 0 Å². The maximum atomic E-state index is 13.6. The molecule has 0 aliphatic heterocycles. The van der Waals surface area contributed by atoms with Gasteiger partial charge in [0.1, 0.15) is 5.82 Å². The molecule has 0 radical (unpaired) electrons. The van der Waals surface area contributed by atoms with Gasteiger partial charge in [0.05, 0.1) is 0 Å². The van der Waals surface area contributed by atoms with Crippen LogP contribution < -0.4 is 5.32 Å². The Bertz CT molecular complexity index is 386. The van der Waals surface area contributed by atoms with Crippen LogP contribution in [0, 0.1) is 17.7 Å². The van der Waals surface area contributed by atoms with Crippen molar-refractivity contribution in [2.75, 3.05) is 6.54 Å². The summed E-state index contributed by atoms with van der Waals surface area (Å²) in [7, 11) is 0. The molecule has 1 aliphatic rings. The van der Waals surface area contributed by atoms with Gasteiger partial charge >= 0.3 is 0 Å². The van der Waals surface area contributed by atoms with Crippen molar-refractivity contribution in [1.29, 1.82) is 0 Å². The fourth-order valence-electron chi connectivity index (χ4n) is 2.61. The normalized spacial score (nSPS) is 24.2. The van der Waals surface area contributed by atoms with Crippen molar-refractivity contribution in [1.82, 2.24) is 5.32 Å². The van der Waals surface area contributed by atoms with Gasteiger partial charge < -0.3 is 5.32 Å². The molecule has 1 N–H and O–H groups in total. The van der Waals surface area contributed by atoms with E-state index in [9.17, 15) is 4.39 Å².